The van der Waals surface area contributed by atoms with Gasteiger partial charge >= 0.3 is 0 Å². The lowest BCUT2D eigenvalue weighted by Crippen LogP contribution is -2.43. The maximum Gasteiger partial charge on any atom is 0.253 e. The number of rotatable bonds is 12. The summed E-state index contributed by atoms with van der Waals surface area (Å²) >= 11 is 0. The van der Waals surface area contributed by atoms with Crippen molar-refractivity contribution in [3.63, 3.8) is 0 Å². The predicted molar refractivity (Wildman–Crippen MR) is 105 cm³/mol. The van der Waals surface area contributed by atoms with E-state index in [2.05, 4.69) is 16.0 Å². The number of aliphatic hydroxyl groups excluding tert-OH is 1. The predicted octanol–water partition coefficient (Wildman–Crippen LogP) is -1.36. The Labute approximate surface area is 169 Å². The average molecular weight is 408 g/mol. The van der Waals surface area contributed by atoms with Gasteiger partial charge in [0.15, 0.2) is 0 Å². The molecule has 0 aliphatic rings. The quantitative estimate of drug-likeness (QED) is 0.337. The molecule has 0 fully saturated rings. The molecule has 4 N–H and O–H groups in total. The summed E-state index contributed by atoms with van der Waals surface area (Å²) in [5, 5.41) is 16.6. The monoisotopic (exact) mass is 408 g/mol. The normalized spacial score (nSPS) is 10.2. The summed E-state index contributed by atoms with van der Waals surface area (Å²) < 4.78 is 4.74. The third kappa shape index (κ3) is 9.67. The van der Waals surface area contributed by atoms with Crippen molar-refractivity contribution in [2.75, 3.05) is 46.5 Å². The number of ether oxygens (including phenoxy) is 1. The van der Waals surface area contributed by atoms with Gasteiger partial charge in [-0.3, -0.25) is 19.2 Å². The van der Waals surface area contributed by atoms with E-state index in [0.29, 0.717) is 12.1 Å². The van der Waals surface area contributed by atoms with Gasteiger partial charge in [0.05, 0.1) is 0 Å². The van der Waals surface area contributed by atoms with E-state index in [1.54, 1.807) is 24.3 Å². The molecule has 1 aromatic rings. The third-order valence-electron chi connectivity index (χ3n) is 3.83. The van der Waals surface area contributed by atoms with Gasteiger partial charge < -0.3 is 30.7 Å². The average Bonchev–Trinajstić information content (AvgIpc) is 2.70. The number of benzene rings is 1. The second-order valence-corrected chi connectivity index (χ2v) is 6.19. The first-order valence-corrected chi connectivity index (χ1v) is 9.13. The van der Waals surface area contributed by atoms with E-state index in [1.165, 1.54) is 18.9 Å². The fraction of sp³-hybridized carbons (Fsp3) is 0.474. The number of hydrogen-bond acceptors (Lipinski definition) is 6. The highest BCUT2D eigenvalue weighted by Gasteiger charge is 2.16. The van der Waals surface area contributed by atoms with Crippen LogP contribution in [0.25, 0.3) is 0 Å². The zero-order valence-electron chi connectivity index (χ0n) is 16.7. The van der Waals surface area contributed by atoms with Gasteiger partial charge in [-0.05, 0) is 17.7 Å². The summed E-state index contributed by atoms with van der Waals surface area (Å²) in [4.78, 5) is 48.2. The molecular formula is C19H28N4O6. The fourth-order valence-corrected chi connectivity index (χ4v) is 2.44. The van der Waals surface area contributed by atoms with Crippen LogP contribution in [-0.4, -0.2) is 80.1 Å². The van der Waals surface area contributed by atoms with Crippen molar-refractivity contribution in [3.8, 4) is 0 Å². The van der Waals surface area contributed by atoms with Crippen molar-refractivity contribution in [2.24, 2.45) is 0 Å². The number of carbonyl (C=O) groups is 4. The molecule has 4 amide bonds. The Morgan fingerprint density at radius 2 is 1.69 bits per heavy atom. The molecule has 1 rings (SSSR count). The summed E-state index contributed by atoms with van der Waals surface area (Å²) in [5.74, 6) is -1.29. The molecule has 0 unspecified atom stereocenters. The summed E-state index contributed by atoms with van der Waals surface area (Å²) in [6.45, 7) is 1.79. The lowest BCUT2D eigenvalue weighted by molar-refractivity contribution is -0.125. The number of amides is 4. The number of methoxy groups -OCH3 is 1. The summed E-state index contributed by atoms with van der Waals surface area (Å²) in [5.41, 5.74) is 1.19. The van der Waals surface area contributed by atoms with Crippen LogP contribution in [0, 0.1) is 0 Å². The second-order valence-electron chi connectivity index (χ2n) is 6.19. The zero-order chi connectivity index (χ0) is 21.6. The standard InChI is InChI=1S/C19H28N4O6/c1-14(25)22-11-15-4-3-5-16(10-15)19(28)23(8-6-20-17(26)12-24)9-7-21-18(27)13-29-2/h3-5,10,24H,6-9,11-13H2,1-2H3,(H,20,26)(H,21,27)(H,22,25). The van der Waals surface area contributed by atoms with Gasteiger partial charge in [0, 0.05) is 52.3 Å². The second kappa shape index (κ2) is 13.2. The zero-order valence-corrected chi connectivity index (χ0v) is 16.7. The van der Waals surface area contributed by atoms with Crippen LogP contribution in [0.3, 0.4) is 0 Å². The number of aliphatic hydroxyl groups is 1. The third-order valence-corrected chi connectivity index (χ3v) is 3.83. The molecule has 1 aromatic carbocycles. The van der Waals surface area contributed by atoms with Crippen LogP contribution in [-0.2, 0) is 25.7 Å². The van der Waals surface area contributed by atoms with Crippen LogP contribution in [0.1, 0.15) is 22.8 Å². The molecule has 0 aliphatic heterocycles. The van der Waals surface area contributed by atoms with Crippen LogP contribution in [0.2, 0.25) is 0 Å². The largest absolute Gasteiger partial charge is 0.387 e. The molecule has 0 spiro atoms. The Bertz CT molecular complexity index is 710. The first-order valence-electron chi connectivity index (χ1n) is 9.13. The lowest BCUT2D eigenvalue weighted by atomic mass is 10.1. The molecule has 0 atom stereocenters. The Kier molecular flexibility index (Phi) is 11.0. The molecular weight excluding hydrogens is 380 g/mol. The summed E-state index contributed by atoms with van der Waals surface area (Å²) in [6, 6.07) is 6.85. The van der Waals surface area contributed by atoms with Gasteiger partial charge in [-0.25, -0.2) is 0 Å². The first-order chi connectivity index (χ1) is 13.9. The van der Waals surface area contributed by atoms with Crippen LogP contribution in [0.15, 0.2) is 24.3 Å². The molecule has 10 nitrogen and oxygen atoms in total. The van der Waals surface area contributed by atoms with E-state index in [0.717, 1.165) is 5.56 Å². The topological polar surface area (TPSA) is 137 Å². The van der Waals surface area contributed by atoms with E-state index in [4.69, 9.17) is 9.84 Å². The van der Waals surface area contributed by atoms with Gasteiger partial charge in [-0.15, -0.1) is 0 Å². The van der Waals surface area contributed by atoms with Gasteiger partial charge in [-0.1, -0.05) is 12.1 Å². The van der Waals surface area contributed by atoms with E-state index >= 15 is 0 Å². The fourth-order valence-electron chi connectivity index (χ4n) is 2.44. The SMILES string of the molecule is COCC(=O)NCCN(CCNC(=O)CO)C(=O)c1cccc(CNC(C)=O)c1. The highest BCUT2D eigenvalue weighted by atomic mass is 16.5. The Hall–Kier alpha value is -2.98. The maximum atomic E-state index is 12.9. The van der Waals surface area contributed by atoms with E-state index in [9.17, 15) is 19.2 Å². The van der Waals surface area contributed by atoms with Crippen LogP contribution in [0.5, 0.6) is 0 Å². The van der Waals surface area contributed by atoms with Crippen molar-refractivity contribution >= 4 is 23.6 Å². The van der Waals surface area contributed by atoms with Crippen molar-refractivity contribution in [3.05, 3.63) is 35.4 Å². The Morgan fingerprint density at radius 1 is 1.03 bits per heavy atom. The van der Waals surface area contributed by atoms with Crippen molar-refractivity contribution in [1.82, 2.24) is 20.9 Å². The molecule has 0 saturated heterocycles. The van der Waals surface area contributed by atoms with Gasteiger partial charge in [-0.2, -0.15) is 0 Å². The minimum absolute atomic E-state index is 0.0777. The van der Waals surface area contributed by atoms with Crippen LogP contribution >= 0.6 is 0 Å². The van der Waals surface area contributed by atoms with Crippen LogP contribution in [0.4, 0.5) is 0 Å². The molecule has 0 heterocycles. The summed E-state index contributed by atoms with van der Waals surface area (Å²) in [6.07, 6.45) is 0. The first kappa shape index (κ1) is 24.1. The Balaban J connectivity index is 2.79. The molecule has 0 aromatic heterocycles. The number of hydrogen-bond donors (Lipinski definition) is 4. The molecule has 0 bridgehead atoms. The van der Waals surface area contributed by atoms with Gasteiger partial charge in [0.2, 0.25) is 17.7 Å². The molecule has 160 valence electrons. The van der Waals surface area contributed by atoms with Crippen molar-refractivity contribution in [2.45, 2.75) is 13.5 Å². The highest BCUT2D eigenvalue weighted by molar-refractivity contribution is 5.94. The highest BCUT2D eigenvalue weighted by Crippen LogP contribution is 2.09. The minimum atomic E-state index is -0.633. The van der Waals surface area contributed by atoms with Crippen LogP contribution < -0.4 is 16.0 Å². The summed E-state index contributed by atoms with van der Waals surface area (Å²) in [7, 11) is 1.41. The maximum absolute atomic E-state index is 12.9. The van der Waals surface area contributed by atoms with E-state index < -0.39 is 12.5 Å². The molecule has 29 heavy (non-hydrogen) atoms. The number of nitrogens with one attached hydrogen (secondary N) is 3. The van der Waals surface area contributed by atoms with Crippen molar-refractivity contribution < 1.29 is 29.0 Å². The lowest BCUT2D eigenvalue weighted by Gasteiger charge is -2.23. The van der Waals surface area contributed by atoms with Gasteiger partial charge in [0.25, 0.3) is 5.91 Å². The van der Waals surface area contributed by atoms with Crippen molar-refractivity contribution in [1.29, 1.82) is 0 Å². The molecule has 0 radical (unpaired) electrons. The minimum Gasteiger partial charge on any atom is -0.387 e. The molecule has 0 saturated carbocycles. The van der Waals surface area contributed by atoms with E-state index in [-0.39, 0.29) is 50.5 Å². The van der Waals surface area contributed by atoms with E-state index in [1.807, 2.05) is 0 Å². The number of carbonyl (C=O) groups excluding carboxylic acids is 4. The Morgan fingerprint density at radius 3 is 2.28 bits per heavy atom. The van der Waals surface area contributed by atoms with Gasteiger partial charge in [0.1, 0.15) is 13.2 Å². The molecule has 10 heteroatoms. The molecule has 0 aliphatic carbocycles. The number of nitrogens with zero attached hydrogens (tertiary/aromatic N) is 1. The smallest absolute Gasteiger partial charge is 0.253 e.